The van der Waals surface area contributed by atoms with E-state index in [-0.39, 0.29) is 29.1 Å². The van der Waals surface area contributed by atoms with Gasteiger partial charge in [-0.15, -0.1) is 10.2 Å². The number of nitrogens with zero attached hydrogens (tertiary/aromatic N) is 3. The Bertz CT molecular complexity index is 665. The molecule has 0 saturated carbocycles. The fourth-order valence-corrected chi connectivity index (χ4v) is 1.55. The average molecular weight is 291 g/mol. The second kappa shape index (κ2) is 5.77. The number of carboxylic acids is 2. The highest BCUT2D eigenvalue weighted by molar-refractivity contribution is 5.98. The van der Waals surface area contributed by atoms with Gasteiger partial charge in [-0.2, -0.15) is 5.21 Å². The van der Waals surface area contributed by atoms with Gasteiger partial charge in [0.15, 0.2) is 5.82 Å². The first-order chi connectivity index (χ1) is 9.95. The third-order valence-corrected chi connectivity index (χ3v) is 2.42. The van der Waals surface area contributed by atoms with Gasteiger partial charge >= 0.3 is 11.9 Å². The van der Waals surface area contributed by atoms with Gasteiger partial charge in [-0.05, 0) is 18.2 Å². The second-order valence-corrected chi connectivity index (χ2v) is 3.96. The first kappa shape index (κ1) is 14.1. The van der Waals surface area contributed by atoms with Gasteiger partial charge in [0.2, 0.25) is 5.91 Å². The molecule has 0 radical (unpaired) electrons. The molecule has 21 heavy (non-hydrogen) atoms. The maximum atomic E-state index is 11.7. The molecule has 1 aromatic heterocycles. The normalized spacial score (nSPS) is 10.1. The number of tetrazole rings is 1. The number of carbonyl (C=O) groups is 3. The van der Waals surface area contributed by atoms with Gasteiger partial charge in [0.1, 0.15) is 0 Å². The maximum Gasteiger partial charge on any atom is 0.335 e. The second-order valence-electron chi connectivity index (χ2n) is 3.96. The van der Waals surface area contributed by atoms with Crippen LogP contribution in [0.2, 0.25) is 0 Å². The van der Waals surface area contributed by atoms with Crippen molar-refractivity contribution in [3.05, 3.63) is 35.2 Å². The predicted octanol–water partition coefficient (Wildman–Crippen LogP) is -0.223. The van der Waals surface area contributed by atoms with Crippen LogP contribution >= 0.6 is 0 Å². The van der Waals surface area contributed by atoms with Crippen LogP contribution in [0, 0.1) is 0 Å². The molecule has 0 aliphatic carbocycles. The van der Waals surface area contributed by atoms with E-state index < -0.39 is 17.8 Å². The first-order valence-corrected chi connectivity index (χ1v) is 5.59. The third kappa shape index (κ3) is 3.59. The van der Waals surface area contributed by atoms with E-state index in [1.807, 2.05) is 0 Å². The third-order valence-electron chi connectivity index (χ3n) is 2.42. The summed E-state index contributed by atoms with van der Waals surface area (Å²) in [7, 11) is 0. The van der Waals surface area contributed by atoms with Gasteiger partial charge in [-0.25, -0.2) is 9.59 Å². The average Bonchev–Trinajstić information content (AvgIpc) is 2.90. The Kier molecular flexibility index (Phi) is 3.88. The van der Waals surface area contributed by atoms with Crippen molar-refractivity contribution in [3.8, 4) is 0 Å². The molecule has 0 fully saturated rings. The molecule has 2 rings (SSSR count). The zero-order chi connectivity index (χ0) is 15.4. The van der Waals surface area contributed by atoms with E-state index in [0.717, 1.165) is 18.2 Å². The van der Waals surface area contributed by atoms with Gasteiger partial charge in [0.25, 0.3) is 0 Å². The summed E-state index contributed by atoms with van der Waals surface area (Å²) in [5.41, 5.74) is -0.435. The smallest absolute Gasteiger partial charge is 0.335 e. The molecule has 1 heterocycles. The van der Waals surface area contributed by atoms with Gasteiger partial charge in [0.05, 0.1) is 17.5 Å². The maximum absolute atomic E-state index is 11.7. The molecule has 0 saturated heterocycles. The first-order valence-electron chi connectivity index (χ1n) is 5.59. The highest BCUT2D eigenvalue weighted by Gasteiger charge is 2.14. The summed E-state index contributed by atoms with van der Waals surface area (Å²) in [6.07, 6.45) is -0.184. The lowest BCUT2D eigenvalue weighted by molar-refractivity contribution is -0.115. The Morgan fingerprint density at radius 3 is 2.19 bits per heavy atom. The number of carbonyl (C=O) groups excluding carboxylic acids is 1. The number of aromatic nitrogens is 4. The molecule has 0 spiro atoms. The van der Waals surface area contributed by atoms with Crippen LogP contribution in [0.1, 0.15) is 26.5 Å². The number of rotatable bonds is 5. The van der Waals surface area contributed by atoms with E-state index >= 15 is 0 Å². The van der Waals surface area contributed by atoms with Gasteiger partial charge < -0.3 is 15.5 Å². The zero-order valence-corrected chi connectivity index (χ0v) is 10.4. The van der Waals surface area contributed by atoms with E-state index in [4.69, 9.17) is 10.2 Å². The molecule has 2 aromatic rings. The highest BCUT2D eigenvalue weighted by atomic mass is 16.4. The Morgan fingerprint density at radius 1 is 1.10 bits per heavy atom. The predicted molar refractivity (Wildman–Crippen MR) is 66.9 cm³/mol. The van der Waals surface area contributed by atoms with Crippen LogP contribution < -0.4 is 5.32 Å². The molecule has 1 aromatic carbocycles. The topological polar surface area (TPSA) is 158 Å². The molecule has 0 atom stereocenters. The lowest BCUT2D eigenvalue weighted by Gasteiger charge is -2.06. The van der Waals surface area contributed by atoms with E-state index in [1.165, 1.54) is 0 Å². The number of benzene rings is 1. The Balaban J connectivity index is 2.20. The number of aromatic carboxylic acids is 2. The van der Waals surface area contributed by atoms with Crippen molar-refractivity contribution in [2.75, 3.05) is 5.32 Å². The summed E-state index contributed by atoms with van der Waals surface area (Å²) in [6.45, 7) is 0. The van der Waals surface area contributed by atoms with E-state index in [0.29, 0.717) is 0 Å². The largest absolute Gasteiger partial charge is 0.478 e. The van der Waals surface area contributed by atoms with E-state index in [9.17, 15) is 14.4 Å². The standard InChI is InChI=1S/C11H9N5O5/c17-9(4-8-13-15-16-14-8)12-7-2-5(10(18)19)1-6(3-7)11(20)21/h1-3H,4H2,(H,12,17)(H,18,19)(H,20,21)(H,13,14,15,16). The molecule has 4 N–H and O–H groups in total. The van der Waals surface area contributed by atoms with Crippen molar-refractivity contribution in [2.45, 2.75) is 6.42 Å². The zero-order valence-electron chi connectivity index (χ0n) is 10.4. The summed E-state index contributed by atoms with van der Waals surface area (Å²) in [5.74, 6) is -2.98. The van der Waals surface area contributed by atoms with Crippen LogP contribution in [0.25, 0.3) is 0 Å². The molecule has 0 aliphatic rings. The van der Waals surface area contributed by atoms with Crippen molar-refractivity contribution < 1.29 is 24.6 Å². The van der Waals surface area contributed by atoms with Crippen LogP contribution in [0.4, 0.5) is 5.69 Å². The number of aromatic amines is 1. The van der Waals surface area contributed by atoms with Crippen molar-refractivity contribution >= 4 is 23.5 Å². The van der Waals surface area contributed by atoms with Crippen LogP contribution in [0.3, 0.4) is 0 Å². The molecular weight excluding hydrogens is 282 g/mol. The van der Waals surface area contributed by atoms with Crippen LogP contribution in [0.15, 0.2) is 18.2 Å². The van der Waals surface area contributed by atoms with Gasteiger partial charge in [-0.3, -0.25) is 4.79 Å². The number of H-pyrrole nitrogens is 1. The molecule has 10 nitrogen and oxygen atoms in total. The van der Waals surface area contributed by atoms with Crippen LogP contribution in [-0.2, 0) is 11.2 Å². The summed E-state index contributed by atoms with van der Waals surface area (Å²) < 4.78 is 0. The molecule has 1 amide bonds. The Hall–Kier alpha value is -3.30. The number of hydrogen-bond acceptors (Lipinski definition) is 6. The van der Waals surface area contributed by atoms with Crippen LogP contribution in [-0.4, -0.2) is 48.7 Å². The number of anilines is 1. The van der Waals surface area contributed by atoms with E-state index in [1.54, 1.807) is 0 Å². The lowest BCUT2D eigenvalue weighted by atomic mass is 10.1. The summed E-state index contributed by atoms with van der Waals surface area (Å²) in [4.78, 5) is 33.6. The van der Waals surface area contributed by atoms with Gasteiger partial charge in [0, 0.05) is 5.69 Å². The monoisotopic (exact) mass is 291 g/mol. The van der Waals surface area contributed by atoms with Crippen molar-refractivity contribution in [3.63, 3.8) is 0 Å². The quantitative estimate of drug-likeness (QED) is 0.588. The molecule has 10 heteroatoms. The fraction of sp³-hybridized carbons (Fsp3) is 0.0909. The van der Waals surface area contributed by atoms with Crippen LogP contribution in [0.5, 0.6) is 0 Å². The SMILES string of the molecule is O=C(Cc1nn[nH]n1)Nc1cc(C(=O)O)cc(C(=O)O)c1. The molecule has 108 valence electrons. The minimum absolute atomic E-state index is 0.0563. The van der Waals surface area contributed by atoms with Crippen molar-refractivity contribution in [1.82, 2.24) is 20.6 Å². The minimum Gasteiger partial charge on any atom is -0.478 e. The number of carboxylic acid groups (broad SMARTS) is 2. The summed E-state index contributed by atoms with van der Waals surface area (Å²) in [5, 5.41) is 32.9. The van der Waals surface area contributed by atoms with Crippen molar-refractivity contribution in [2.24, 2.45) is 0 Å². The lowest BCUT2D eigenvalue weighted by Crippen LogP contribution is -2.16. The number of hydrogen-bond donors (Lipinski definition) is 4. The minimum atomic E-state index is -1.30. The van der Waals surface area contributed by atoms with E-state index in [2.05, 4.69) is 25.9 Å². The van der Waals surface area contributed by atoms with Crippen molar-refractivity contribution in [1.29, 1.82) is 0 Å². The highest BCUT2D eigenvalue weighted by Crippen LogP contribution is 2.16. The summed E-state index contributed by atoms with van der Waals surface area (Å²) >= 11 is 0. The molecule has 0 aliphatic heterocycles. The Labute approximate surface area is 116 Å². The Morgan fingerprint density at radius 2 is 1.71 bits per heavy atom. The van der Waals surface area contributed by atoms with Gasteiger partial charge in [-0.1, -0.05) is 5.21 Å². The molecule has 0 unspecified atom stereocenters. The fourth-order valence-electron chi connectivity index (χ4n) is 1.55. The molecule has 0 bridgehead atoms. The summed E-state index contributed by atoms with van der Waals surface area (Å²) in [6, 6.07) is 3.31. The molecular formula is C11H9N5O5. The number of amides is 1. The number of nitrogens with one attached hydrogen (secondary N) is 2.